The summed E-state index contributed by atoms with van der Waals surface area (Å²) in [5.41, 5.74) is 0.317. The van der Waals surface area contributed by atoms with E-state index in [1.165, 1.54) is 19.3 Å². The van der Waals surface area contributed by atoms with Crippen LogP contribution in [-0.2, 0) is 4.79 Å². The van der Waals surface area contributed by atoms with Crippen molar-refractivity contribution in [3.8, 4) is 0 Å². The maximum absolute atomic E-state index is 10.7. The number of hydrogen-bond acceptors (Lipinski definition) is 3. The van der Waals surface area contributed by atoms with E-state index >= 15 is 0 Å². The fraction of sp³-hybridized carbons (Fsp3) is 0.909. The minimum atomic E-state index is -0.703. The molecule has 1 aliphatic carbocycles. The second kappa shape index (κ2) is 3.76. The first kappa shape index (κ1) is 10.9. The van der Waals surface area contributed by atoms with Crippen LogP contribution in [0.25, 0.3) is 0 Å². The molecule has 0 atom stereocenters. The summed E-state index contributed by atoms with van der Waals surface area (Å²) in [5.74, 6) is -0.703. The van der Waals surface area contributed by atoms with Crippen molar-refractivity contribution in [1.29, 1.82) is 0 Å². The van der Waals surface area contributed by atoms with Gasteiger partial charge in [0.1, 0.15) is 0 Å². The first-order valence-electron chi connectivity index (χ1n) is 5.77. The Balaban J connectivity index is 1.83. The van der Waals surface area contributed by atoms with E-state index in [0.717, 1.165) is 19.6 Å². The number of carboxylic acids is 1. The summed E-state index contributed by atoms with van der Waals surface area (Å²) in [6.07, 6.45) is 4.04. The van der Waals surface area contributed by atoms with Crippen LogP contribution in [-0.4, -0.2) is 36.2 Å². The molecule has 0 amide bonds. The molecule has 0 radical (unpaired) electrons. The molecule has 0 unspecified atom stereocenters. The number of nitrogens with one attached hydrogen (secondary N) is 2. The SMILES string of the molecule is CCC1(CNC2(CC(=O)O)CNC2)CC1. The number of aliphatic carboxylic acids is 1. The molecule has 2 rings (SSSR count). The van der Waals surface area contributed by atoms with E-state index in [1.54, 1.807) is 0 Å². The van der Waals surface area contributed by atoms with Crippen LogP contribution in [0.3, 0.4) is 0 Å². The standard InChI is InChI=1S/C11H20N2O2/c1-2-10(3-4-10)6-13-11(5-9(14)15)7-12-8-11/h12-13H,2-8H2,1H3,(H,14,15). The van der Waals surface area contributed by atoms with E-state index in [0.29, 0.717) is 5.41 Å². The van der Waals surface area contributed by atoms with Crippen LogP contribution in [0.4, 0.5) is 0 Å². The van der Waals surface area contributed by atoms with Gasteiger partial charge in [0.05, 0.1) is 12.0 Å². The predicted octanol–water partition coefficient (Wildman–Crippen LogP) is 0.583. The molecule has 0 aromatic rings. The molecule has 0 aromatic heterocycles. The zero-order valence-electron chi connectivity index (χ0n) is 9.31. The lowest BCUT2D eigenvalue weighted by Crippen LogP contribution is -2.69. The van der Waals surface area contributed by atoms with Gasteiger partial charge in [0.2, 0.25) is 0 Å². The van der Waals surface area contributed by atoms with E-state index in [1.807, 2.05) is 0 Å². The summed E-state index contributed by atoms with van der Waals surface area (Å²) in [6.45, 7) is 4.79. The van der Waals surface area contributed by atoms with Gasteiger partial charge in [-0.25, -0.2) is 0 Å². The lowest BCUT2D eigenvalue weighted by Gasteiger charge is -2.43. The summed E-state index contributed by atoms with van der Waals surface area (Å²) in [5, 5.41) is 15.5. The van der Waals surface area contributed by atoms with Gasteiger partial charge in [-0.1, -0.05) is 6.92 Å². The minimum absolute atomic E-state index is 0.170. The van der Waals surface area contributed by atoms with Gasteiger partial charge in [0.15, 0.2) is 0 Å². The van der Waals surface area contributed by atoms with Gasteiger partial charge in [-0.3, -0.25) is 4.79 Å². The largest absolute Gasteiger partial charge is 0.481 e. The maximum Gasteiger partial charge on any atom is 0.305 e. The van der Waals surface area contributed by atoms with Crippen LogP contribution in [0.5, 0.6) is 0 Å². The van der Waals surface area contributed by atoms with Crippen LogP contribution >= 0.6 is 0 Å². The van der Waals surface area contributed by atoms with Crippen molar-refractivity contribution < 1.29 is 9.90 Å². The molecule has 86 valence electrons. The van der Waals surface area contributed by atoms with E-state index in [9.17, 15) is 4.79 Å². The zero-order valence-corrected chi connectivity index (χ0v) is 9.31. The van der Waals surface area contributed by atoms with E-state index in [2.05, 4.69) is 17.6 Å². The smallest absolute Gasteiger partial charge is 0.305 e. The molecule has 1 heterocycles. The third-order valence-electron chi connectivity index (χ3n) is 3.96. The highest BCUT2D eigenvalue weighted by Gasteiger charge is 2.45. The van der Waals surface area contributed by atoms with Gasteiger partial charge in [-0.05, 0) is 24.7 Å². The van der Waals surface area contributed by atoms with Gasteiger partial charge in [0.25, 0.3) is 0 Å². The number of carboxylic acid groups (broad SMARTS) is 1. The zero-order chi connectivity index (χ0) is 10.9. The normalized spacial score (nSPS) is 25.7. The van der Waals surface area contributed by atoms with Crippen LogP contribution < -0.4 is 10.6 Å². The fourth-order valence-electron chi connectivity index (χ4n) is 2.24. The fourth-order valence-corrected chi connectivity index (χ4v) is 2.24. The van der Waals surface area contributed by atoms with Crippen molar-refractivity contribution in [3.05, 3.63) is 0 Å². The Kier molecular flexibility index (Phi) is 2.73. The molecule has 0 spiro atoms. The molecule has 3 N–H and O–H groups in total. The molecule has 2 fully saturated rings. The maximum atomic E-state index is 10.7. The quantitative estimate of drug-likeness (QED) is 0.603. The van der Waals surface area contributed by atoms with Crippen molar-refractivity contribution in [3.63, 3.8) is 0 Å². The van der Waals surface area contributed by atoms with Crippen LogP contribution in [0.1, 0.15) is 32.6 Å². The van der Waals surface area contributed by atoms with E-state index in [4.69, 9.17) is 5.11 Å². The number of hydrogen-bond donors (Lipinski definition) is 3. The van der Waals surface area contributed by atoms with Gasteiger partial charge in [0, 0.05) is 19.6 Å². The lowest BCUT2D eigenvalue weighted by atomic mass is 9.87. The third-order valence-corrected chi connectivity index (χ3v) is 3.96. The summed E-state index contributed by atoms with van der Waals surface area (Å²) >= 11 is 0. The second-order valence-electron chi connectivity index (χ2n) is 5.16. The molecule has 1 saturated heterocycles. The van der Waals surface area contributed by atoms with Crippen LogP contribution in [0.15, 0.2) is 0 Å². The van der Waals surface area contributed by atoms with Crippen LogP contribution in [0.2, 0.25) is 0 Å². The molecular formula is C11H20N2O2. The third kappa shape index (κ3) is 2.32. The Morgan fingerprint density at radius 3 is 2.47 bits per heavy atom. The number of rotatable bonds is 6. The molecule has 1 aliphatic heterocycles. The molecule has 15 heavy (non-hydrogen) atoms. The molecule has 0 aromatic carbocycles. The summed E-state index contributed by atoms with van der Waals surface area (Å²) in [6, 6.07) is 0. The van der Waals surface area contributed by atoms with Gasteiger partial charge in [-0.15, -0.1) is 0 Å². The Labute approximate surface area is 90.4 Å². The Hall–Kier alpha value is -0.610. The average molecular weight is 212 g/mol. The Bertz CT molecular complexity index is 257. The summed E-state index contributed by atoms with van der Waals surface area (Å²) in [4.78, 5) is 10.7. The Morgan fingerprint density at radius 2 is 2.13 bits per heavy atom. The van der Waals surface area contributed by atoms with Gasteiger partial charge in [-0.2, -0.15) is 0 Å². The molecule has 0 bridgehead atoms. The highest BCUT2D eigenvalue weighted by atomic mass is 16.4. The topological polar surface area (TPSA) is 61.4 Å². The van der Waals surface area contributed by atoms with Crippen LogP contribution in [0, 0.1) is 5.41 Å². The molecule has 1 saturated carbocycles. The molecule has 4 heteroatoms. The first-order chi connectivity index (χ1) is 7.10. The Morgan fingerprint density at radius 1 is 1.47 bits per heavy atom. The van der Waals surface area contributed by atoms with Gasteiger partial charge >= 0.3 is 5.97 Å². The van der Waals surface area contributed by atoms with Crippen molar-refractivity contribution in [2.75, 3.05) is 19.6 Å². The average Bonchev–Trinajstić information content (AvgIpc) is 2.90. The summed E-state index contributed by atoms with van der Waals surface area (Å²) in [7, 11) is 0. The highest BCUT2D eigenvalue weighted by molar-refractivity contribution is 5.68. The van der Waals surface area contributed by atoms with Crippen molar-refractivity contribution in [1.82, 2.24) is 10.6 Å². The van der Waals surface area contributed by atoms with E-state index < -0.39 is 5.97 Å². The predicted molar refractivity (Wildman–Crippen MR) is 57.8 cm³/mol. The van der Waals surface area contributed by atoms with Gasteiger partial charge < -0.3 is 15.7 Å². The second-order valence-corrected chi connectivity index (χ2v) is 5.16. The molecular weight excluding hydrogens is 192 g/mol. The first-order valence-corrected chi connectivity index (χ1v) is 5.77. The molecule has 4 nitrogen and oxygen atoms in total. The summed E-state index contributed by atoms with van der Waals surface area (Å²) < 4.78 is 0. The van der Waals surface area contributed by atoms with E-state index in [-0.39, 0.29) is 12.0 Å². The molecule has 2 aliphatic rings. The highest BCUT2D eigenvalue weighted by Crippen LogP contribution is 2.48. The van der Waals surface area contributed by atoms with Crippen molar-refractivity contribution in [2.24, 2.45) is 5.41 Å². The van der Waals surface area contributed by atoms with Crippen molar-refractivity contribution >= 4 is 5.97 Å². The van der Waals surface area contributed by atoms with Crippen molar-refractivity contribution in [2.45, 2.75) is 38.1 Å². The lowest BCUT2D eigenvalue weighted by molar-refractivity contribution is -0.139. The number of carbonyl (C=O) groups is 1. The minimum Gasteiger partial charge on any atom is -0.481 e. The monoisotopic (exact) mass is 212 g/mol.